The van der Waals surface area contributed by atoms with Gasteiger partial charge in [0.05, 0.1) is 0 Å². The van der Waals surface area contributed by atoms with Crippen molar-refractivity contribution in [3.8, 4) is 53.1 Å². The molecule has 0 saturated carbocycles. The highest BCUT2D eigenvalue weighted by Crippen LogP contribution is 2.57. The molecule has 31 heavy (non-hydrogen) atoms. The molecule has 1 aliphatic carbocycles. The van der Waals surface area contributed by atoms with E-state index in [-0.39, 0.29) is 13.2 Å². The van der Waals surface area contributed by atoms with Crippen LogP contribution in [0.25, 0.3) is 16.7 Å². The Balaban J connectivity index is 1.75. The van der Waals surface area contributed by atoms with Gasteiger partial charge in [0, 0.05) is 16.7 Å². The first-order chi connectivity index (χ1) is 15.2. The monoisotopic (exact) mass is 404 g/mol. The summed E-state index contributed by atoms with van der Waals surface area (Å²) in [4.78, 5) is 0. The normalized spacial score (nSPS) is 14.2. The van der Waals surface area contributed by atoms with Crippen molar-refractivity contribution < 1.29 is 14.2 Å². The van der Waals surface area contributed by atoms with Crippen LogP contribution >= 0.6 is 0 Å². The summed E-state index contributed by atoms with van der Waals surface area (Å²) < 4.78 is 18.5. The molecule has 0 atom stereocenters. The zero-order valence-electron chi connectivity index (χ0n) is 17.1. The number of hydrogen-bond donors (Lipinski definition) is 0. The largest absolute Gasteiger partial charge is 0.477 e. The Labute approximate surface area is 182 Å². The van der Waals surface area contributed by atoms with Gasteiger partial charge in [-0.05, 0) is 41.8 Å². The molecule has 0 saturated heterocycles. The third-order valence-corrected chi connectivity index (χ3v) is 5.74. The second kappa shape index (κ2) is 7.31. The fourth-order valence-electron chi connectivity index (χ4n) is 4.51. The summed E-state index contributed by atoms with van der Waals surface area (Å²) in [5, 5.41) is 0. The minimum absolute atomic E-state index is 0.0924. The molecule has 150 valence electrons. The van der Waals surface area contributed by atoms with E-state index in [0.29, 0.717) is 17.2 Å². The van der Waals surface area contributed by atoms with Gasteiger partial charge in [-0.2, -0.15) is 0 Å². The molecule has 3 aromatic carbocycles. The van der Waals surface area contributed by atoms with Crippen molar-refractivity contribution in [2.75, 3.05) is 13.2 Å². The topological polar surface area (TPSA) is 27.7 Å². The van der Waals surface area contributed by atoms with E-state index in [4.69, 9.17) is 27.1 Å². The van der Waals surface area contributed by atoms with Crippen LogP contribution < -0.4 is 14.2 Å². The molecule has 0 fully saturated rings. The fraction of sp³-hybridized carbons (Fsp3) is 0.143. The lowest BCUT2D eigenvalue weighted by molar-refractivity contribution is 0.154. The van der Waals surface area contributed by atoms with Gasteiger partial charge in [-0.1, -0.05) is 60.4 Å². The standard InChI is InChI=1S/C28H20O3/c1-4-16-29-25-15-14-20-19(3)18-28(31-26(20)27(25)30-17-5-2)23-12-8-6-10-21(23)22-11-7-9-13-24(22)28/h1-2,6-15,18H,16-17H2,3H3. The van der Waals surface area contributed by atoms with Gasteiger partial charge in [0.25, 0.3) is 0 Å². The summed E-state index contributed by atoms with van der Waals surface area (Å²) in [5.74, 6) is 6.60. The Morgan fingerprint density at radius 2 is 1.42 bits per heavy atom. The number of hydrogen-bond acceptors (Lipinski definition) is 3. The second-order valence-electron chi connectivity index (χ2n) is 7.51. The maximum Gasteiger partial charge on any atom is 0.205 e. The van der Waals surface area contributed by atoms with Crippen molar-refractivity contribution in [3.63, 3.8) is 0 Å². The number of benzene rings is 3. The molecule has 0 amide bonds. The van der Waals surface area contributed by atoms with Crippen LogP contribution in [-0.2, 0) is 5.60 Å². The first-order valence-corrected chi connectivity index (χ1v) is 10.1. The van der Waals surface area contributed by atoms with Crippen LogP contribution in [-0.4, -0.2) is 13.2 Å². The average Bonchev–Trinajstić information content (AvgIpc) is 3.06. The van der Waals surface area contributed by atoms with Crippen LogP contribution in [0.2, 0.25) is 0 Å². The van der Waals surface area contributed by atoms with Crippen LogP contribution in [0.5, 0.6) is 17.2 Å². The molecule has 1 heterocycles. The van der Waals surface area contributed by atoms with Gasteiger partial charge in [0.15, 0.2) is 17.1 Å². The van der Waals surface area contributed by atoms with Gasteiger partial charge >= 0.3 is 0 Å². The molecule has 0 unspecified atom stereocenters. The third kappa shape index (κ3) is 2.79. The maximum atomic E-state index is 6.85. The van der Waals surface area contributed by atoms with Crippen molar-refractivity contribution in [2.45, 2.75) is 12.5 Å². The van der Waals surface area contributed by atoms with Gasteiger partial charge in [-0.3, -0.25) is 0 Å². The van der Waals surface area contributed by atoms with Gasteiger partial charge in [0.1, 0.15) is 13.2 Å². The molecule has 0 radical (unpaired) electrons. The minimum atomic E-state index is -0.761. The molecule has 2 aliphatic rings. The number of allylic oxidation sites excluding steroid dienone is 1. The van der Waals surface area contributed by atoms with E-state index in [1.54, 1.807) is 0 Å². The number of ether oxygens (including phenoxy) is 3. The lowest BCUT2D eigenvalue weighted by atomic mass is 9.85. The zero-order chi connectivity index (χ0) is 21.4. The Morgan fingerprint density at radius 3 is 2.06 bits per heavy atom. The quantitative estimate of drug-likeness (QED) is 0.543. The van der Waals surface area contributed by atoms with Gasteiger partial charge in [0.2, 0.25) is 5.75 Å². The van der Waals surface area contributed by atoms with E-state index < -0.39 is 5.60 Å². The zero-order valence-corrected chi connectivity index (χ0v) is 17.1. The van der Waals surface area contributed by atoms with Crippen LogP contribution in [0.3, 0.4) is 0 Å². The van der Waals surface area contributed by atoms with E-state index in [9.17, 15) is 0 Å². The molecule has 3 aromatic rings. The van der Waals surface area contributed by atoms with Crippen molar-refractivity contribution >= 4 is 5.57 Å². The molecule has 3 heteroatoms. The van der Waals surface area contributed by atoms with Crippen molar-refractivity contribution in [1.29, 1.82) is 0 Å². The lowest BCUT2D eigenvalue weighted by Crippen LogP contribution is -2.33. The molecular formula is C28H20O3. The molecule has 0 N–H and O–H groups in total. The lowest BCUT2D eigenvalue weighted by Gasteiger charge is -2.36. The van der Waals surface area contributed by atoms with E-state index in [1.807, 2.05) is 24.3 Å². The summed E-state index contributed by atoms with van der Waals surface area (Å²) in [6, 6.07) is 20.5. The first kappa shape index (κ1) is 18.9. The second-order valence-corrected chi connectivity index (χ2v) is 7.51. The maximum absolute atomic E-state index is 6.85. The smallest absolute Gasteiger partial charge is 0.205 e. The van der Waals surface area contributed by atoms with Gasteiger partial charge in [-0.25, -0.2) is 0 Å². The predicted octanol–water partition coefficient (Wildman–Crippen LogP) is 5.43. The van der Waals surface area contributed by atoms with E-state index in [1.165, 1.54) is 0 Å². The number of terminal acetylenes is 2. The summed E-state index contributed by atoms with van der Waals surface area (Å²) in [7, 11) is 0. The Bertz CT molecular complexity index is 1260. The summed E-state index contributed by atoms with van der Waals surface area (Å²) in [6.45, 7) is 2.30. The summed E-state index contributed by atoms with van der Waals surface area (Å²) >= 11 is 0. The summed E-state index contributed by atoms with van der Waals surface area (Å²) in [5.41, 5.74) is 5.78. The minimum Gasteiger partial charge on any atom is -0.477 e. The highest BCUT2D eigenvalue weighted by atomic mass is 16.6. The Hall–Kier alpha value is -4.08. The molecule has 1 aliphatic heterocycles. The summed E-state index contributed by atoms with van der Waals surface area (Å²) in [6.07, 6.45) is 13.1. The van der Waals surface area contributed by atoms with Crippen LogP contribution in [0.1, 0.15) is 23.6 Å². The molecule has 0 bridgehead atoms. The molecule has 5 rings (SSSR count). The van der Waals surface area contributed by atoms with Crippen molar-refractivity contribution in [2.24, 2.45) is 0 Å². The Kier molecular flexibility index (Phi) is 4.46. The fourth-order valence-corrected chi connectivity index (χ4v) is 4.51. The van der Waals surface area contributed by atoms with E-state index >= 15 is 0 Å². The van der Waals surface area contributed by atoms with Crippen LogP contribution in [0.4, 0.5) is 0 Å². The molecule has 1 spiro atoms. The van der Waals surface area contributed by atoms with Crippen LogP contribution in [0, 0.1) is 24.7 Å². The van der Waals surface area contributed by atoms with E-state index in [0.717, 1.165) is 33.4 Å². The highest BCUT2D eigenvalue weighted by molar-refractivity contribution is 5.86. The van der Waals surface area contributed by atoms with Gasteiger partial charge in [-0.15, -0.1) is 12.8 Å². The predicted molar refractivity (Wildman–Crippen MR) is 122 cm³/mol. The molecule has 0 aromatic heterocycles. The Morgan fingerprint density at radius 1 is 0.806 bits per heavy atom. The third-order valence-electron chi connectivity index (χ3n) is 5.74. The van der Waals surface area contributed by atoms with Crippen molar-refractivity contribution in [1.82, 2.24) is 0 Å². The first-order valence-electron chi connectivity index (χ1n) is 10.1. The number of rotatable bonds is 4. The molecule has 3 nitrogen and oxygen atoms in total. The van der Waals surface area contributed by atoms with Gasteiger partial charge < -0.3 is 14.2 Å². The number of fused-ring (bicyclic) bond motifs is 6. The SMILES string of the molecule is C#CCOc1ccc2c(c1OCC#C)OC1(C=C2C)c2ccccc2-c2ccccc21. The average molecular weight is 404 g/mol. The molecular weight excluding hydrogens is 384 g/mol. The van der Waals surface area contributed by atoms with Crippen molar-refractivity contribution in [3.05, 3.63) is 83.4 Å². The van der Waals surface area contributed by atoms with Crippen LogP contribution in [0.15, 0.2) is 66.7 Å². The van der Waals surface area contributed by atoms with E-state index in [2.05, 4.69) is 61.2 Å². The highest BCUT2D eigenvalue weighted by Gasteiger charge is 2.47.